The number of halogens is 2. The zero-order chi connectivity index (χ0) is 15.5. The molecule has 0 aliphatic heterocycles. The van der Waals surface area contributed by atoms with Gasteiger partial charge < -0.3 is 10.1 Å². The van der Waals surface area contributed by atoms with Crippen molar-refractivity contribution in [1.82, 2.24) is 5.32 Å². The summed E-state index contributed by atoms with van der Waals surface area (Å²) in [7, 11) is 0. The van der Waals surface area contributed by atoms with Gasteiger partial charge in [-0.1, -0.05) is 23.7 Å². The van der Waals surface area contributed by atoms with Crippen molar-refractivity contribution in [2.24, 2.45) is 0 Å². The predicted molar refractivity (Wildman–Crippen MR) is 94.4 cm³/mol. The van der Waals surface area contributed by atoms with Crippen LogP contribution >= 0.6 is 38.9 Å². The Morgan fingerprint density at radius 3 is 2.71 bits per heavy atom. The summed E-state index contributed by atoms with van der Waals surface area (Å²) in [6, 6.07) is 7.93. The Bertz CT molecular complexity index is 607. The maximum atomic E-state index is 6.29. The fourth-order valence-electron chi connectivity index (χ4n) is 1.79. The van der Waals surface area contributed by atoms with Gasteiger partial charge in [0.05, 0.1) is 5.02 Å². The van der Waals surface area contributed by atoms with E-state index >= 15 is 0 Å². The highest BCUT2D eigenvalue weighted by Crippen LogP contribution is 2.30. The van der Waals surface area contributed by atoms with E-state index in [2.05, 4.69) is 48.1 Å². The molecule has 5 heteroatoms. The summed E-state index contributed by atoms with van der Waals surface area (Å²) in [6.07, 6.45) is 0. The monoisotopic (exact) mass is 387 g/mol. The molecule has 0 saturated heterocycles. The van der Waals surface area contributed by atoms with E-state index in [1.807, 2.05) is 23.6 Å². The molecule has 0 fully saturated rings. The maximum absolute atomic E-state index is 6.29. The second-order valence-corrected chi connectivity index (χ2v) is 8.17. The van der Waals surface area contributed by atoms with Gasteiger partial charge in [0.15, 0.2) is 0 Å². The van der Waals surface area contributed by atoms with Crippen molar-refractivity contribution in [2.45, 2.75) is 39.5 Å². The van der Waals surface area contributed by atoms with E-state index in [9.17, 15) is 0 Å². The minimum absolute atomic E-state index is 0.0538. The van der Waals surface area contributed by atoms with Gasteiger partial charge in [0.2, 0.25) is 0 Å². The number of para-hydroxylation sites is 1. The average Bonchev–Trinajstić information content (AvgIpc) is 2.80. The lowest BCUT2D eigenvalue weighted by atomic mass is 10.1. The molecule has 0 bridgehead atoms. The lowest BCUT2D eigenvalue weighted by Crippen LogP contribution is -2.35. The first-order valence-corrected chi connectivity index (χ1v) is 8.78. The van der Waals surface area contributed by atoms with Crippen LogP contribution in [-0.2, 0) is 13.2 Å². The molecule has 0 unspecified atom stereocenters. The van der Waals surface area contributed by atoms with Crippen LogP contribution in [0.15, 0.2) is 34.1 Å². The van der Waals surface area contributed by atoms with Crippen molar-refractivity contribution in [2.75, 3.05) is 0 Å². The maximum Gasteiger partial charge on any atom is 0.142 e. The van der Waals surface area contributed by atoms with E-state index in [0.29, 0.717) is 11.6 Å². The van der Waals surface area contributed by atoms with Crippen molar-refractivity contribution in [3.05, 3.63) is 49.6 Å². The third-order valence-electron chi connectivity index (χ3n) is 2.84. The quantitative estimate of drug-likeness (QED) is 0.716. The molecule has 0 spiro atoms. The molecule has 0 aliphatic rings. The van der Waals surface area contributed by atoms with Crippen LogP contribution in [0.1, 0.15) is 31.2 Å². The molecule has 0 amide bonds. The smallest absolute Gasteiger partial charge is 0.142 e. The molecule has 0 atom stereocenters. The summed E-state index contributed by atoms with van der Waals surface area (Å²) < 4.78 is 7.03. The summed E-state index contributed by atoms with van der Waals surface area (Å²) in [5.41, 5.74) is 1.13. The van der Waals surface area contributed by atoms with Crippen LogP contribution in [0.25, 0.3) is 0 Å². The minimum atomic E-state index is 0.0538. The average molecular weight is 389 g/mol. The second-order valence-electron chi connectivity index (χ2n) is 5.85. The highest BCUT2D eigenvalue weighted by atomic mass is 79.9. The molecule has 1 aromatic carbocycles. The third kappa shape index (κ3) is 5.29. The normalized spacial score (nSPS) is 11.7. The van der Waals surface area contributed by atoms with Crippen molar-refractivity contribution >= 4 is 38.9 Å². The molecule has 0 saturated carbocycles. The van der Waals surface area contributed by atoms with Gasteiger partial charge in [0.1, 0.15) is 12.4 Å². The molecule has 114 valence electrons. The molecular formula is C16H19BrClNOS. The van der Waals surface area contributed by atoms with Crippen molar-refractivity contribution < 1.29 is 4.74 Å². The summed E-state index contributed by atoms with van der Waals surface area (Å²) in [6.45, 7) is 7.68. The predicted octanol–water partition coefficient (Wildman–Crippen LogP) is 5.63. The molecule has 0 aliphatic carbocycles. The van der Waals surface area contributed by atoms with Crippen molar-refractivity contribution in [3.8, 4) is 5.75 Å². The number of benzene rings is 1. The van der Waals surface area contributed by atoms with Gasteiger partial charge in [0.25, 0.3) is 0 Å². The molecule has 1 heterocycles. The number of rotatable bonds is 5. The Morgan fingerprint density at radius 2 is 2.10 bits per heavy atom. The third-order valence-corrected chi connectivity index (χ3v) is 4.81. The van der Waals surface area contributed by atoms with Crippen LogP contribution in [0.2, 0.25) is 5.02 Å². The van der Waals surface area contributed by atoms with Crippen LogP contribution in [0.4, 0.5) is 0 Å². The lowest BCUT2D eigenvalue weighted by molar-refractivity contribution is 0.303. The molecule has 21 heavy (non-hydrogen) atoms. The van der Waals surface area contributed by atoms with Gasteiger partial charge in [-0.2, -0.15) is 0 Å². The SMILES string of the molecule is CC(C)(C)NCc1cccc(Cl)c1OCc1cc(Br)cs1. The highest BCUT2D eigenvalue weighted by Gasteiger charge is 2.13. The van der Waals surface area contributed by atoms with Crippen LogP contribution in [0, 0.1) is 0 Å². The number of hydrogen-bond acceptors (Lipinski definition) is 3. The topological polar surface area (TPSA) is 21.3 Å². The molecule has 1 aromatic heterocycles. The Hall–Kier alpha value is -0.550. The Labute approximate surface area is 143 Å². The Balaban J connectivity index is 2.10. The van der Waals surface area contributed by atoms with Crippen LogP contribution < -0.4 is 10.1 Å². The van der Waals surface area contributed by atoms with Gasteiger partial charge in [0, 0.05) is 32.4 Å². The van der Waals surface area contributed by atoms with E-state index < -0.39 is 0 Å². The Morgan fingerprint density at radius 1 is 1.33 bits per heavy atom. The standard InChI is InChI=1S/C16H19BrClNOS/c1-16(2,3)19-8-11-5-4-6-14(18)15(11)20-9-13-7-12(17)10-21-13/h4-7,10,19H,8-9H2,1-3H3. The fourth-order valence-corrected chi connectivity index (χ4v) is 3.40. The summed E-state index contributed by atoms with van der Waals surface area (Å²) in [5, 5.41) is 6.17. The first-order chi connectivity index (χ1) is 9.85. The molecular weight excluding hydrogens is 370 g/mol. The molecule has 1 N–H and O–H groups in total. The van der Waals surface area contributed by atoms with Crippen LogP contribution in [-0.4, -0.2) is 5.54 Å². The first-order valence-electron chi connectivity index (χ1n) is 6.73. The number of thiophene rings is 1. The zero-order valence-electron chi connectivity index (χ0n) is 12.4. The van der Waals surface area contributed by atoms with E-state index in [-0.39, 0.29) is 5.54 Å². The molecule has 2 aromatic rings. The minimum Gasteiger partial charge on any atom is -0.486 e. The van der Waals surface area contributed by atoms with Gasteiger partial charge in [-0.25, -0.2) is 0 Å². The number of nitrogens with one attached hydrogen (secondary N) is 1. The van der Waals surface area contributed by atoms with Crippen LogP contribution in [0.3, 0.4) is 0 Å². The molecule has 0 radical (unpaired) electrons. The summed E-state index contributed by atoms with van der Waals surface area (Å²) >= 11 is 11.4. The largest absolute Gasteiger partial charge is 0.486 e. The lowest BCUT2D eigenvalue weighted by Gasteiger charge is -2.22. The van der Waals surface area contributed by atoms with E-state index in [4.69, 9.17) is 16.3 Å². The highest BCUT2D eigenvalue weighted by molar-refractivity contribution is 9.10. The molecule has 2 nitrogen and oxygen atoms in total. The van der Waals surface area contributed by atoms with Gasteiger partial charge in [-0.05, 0) is 48.8 Å². The number of hydrogen-bond donors (Lipinski definition) is 1. The van der Waals surface area contributed by atoms with Crippen molar-refractivity contribution in [3.63, 3.8) is 0 Å². The van der Waals surface area contributed by atoms with Gasteiger partial charge in [-0.3, -0.25) is 0 Å². The van der Waals surface area contributed by atoms with E-state index in [0.717, 1.165) is 27.2 Å². The molecule has 2 rings (SSSR count). The number of ether oxygens (including phenoxy) is 1. The van der Waals surface area contributed by atoms with Crippen molar-refractivity contribution in [1.29, 1.82) is 0 Å². The van der Waals surface area contributed by atoms with Gasteiger partial charge in [-0.15, -0.1) is 11.3 Å². The van der Waals surface area contributed by atoms with Gasteiger partial charge >= 0.3 is 0 Å². The fraction of sp³-hybridized carbons (Fsp3) is 0.375. The van der Waals surface area contributed by atoms with E-state index in [1.54, 1.807) is 11.3 Å². The van der Waals surface area contributed by atoms with Crippen LogP contribution in [0.5, 0.6) is 5.75 Å². The summed E-state index contributed by atoms with van der Waals surface area (Å²) in [5.74, 6) is 0.764. The summed E-state index contributed by atoms with van der Waals surface area (Å²) in [4.78, 5) is 1.16. The van der Waals surface area contributed by atoms with E-state index in [1.165, 1.54) is 0 Å². The second kappa shape index (κ2) is 7.14. The Kier molecular flexibility index (Phi) is 5.72. The zero-order valence-corrected chi connectivity index (χ0v) is 15.5. The first kappa shape index (κ1) is 16.8.